The van der Waals surface area contributed by atoms with Gasteiger partial charge in [-0.3, -0.25) is 9.59 Å². The molecule has 0 bridgehead atoms. The number of aliphatic carboxylic acids is 1. The van der Waals surface area contributed by atoms with Crippen LogP contribution in [0.25, 0.3) is 5.69 Å². The highest BCUT2D eigenvalue weighted by Crippen LogP contribution is 2.26. The van der Waals surface area contributed by atoms with Gasteiger partial charge in [0.2, 0.25) is 0 Å². The van der Waals surface area contributed by atoms with Gasteiger partial charge in [0.1, 0.15) is 0 Å². The number of nitrogens with zero attached hydrogens (tertiary/aromatic N) is 2. The van der Waals surface area contributed by atoms with Crippen LogP contribution in [0, 0.1) is 12.8 Å². The first-order valence-corrected chi connectivity index (χ1v) is 7.71. The maximum absolute atomic E-state index is 12.3. The van der Waals surface area contributed by atoms with Gasteiger partial charge in [0.15, 0.2) is 0 Å². The third-order valence-electron chi connectivity index (χ3n) is 4.36. The highest BCUT2D eigenvalue weighted by molar-refractivity contribution is 5.94. The van der Waals surface area contributed by atoms with E-state index in [2.05, 4.69) is 10.4 Å². The van der Waals surface area contributed by atoms with E-state index in [9.17, 15) is 14.7 Å². The van der Waals surface area contributed by atoms with Crippen molar-refractivity contribution >= 4 is 11.9 Å². The van der Waals surface area contributed by atoms with Gasteiger partial charge in [-0.25, -0.2) is 4.68 Å². The average Bonchev–Trinajstić information content (AvgIpc) is 3.16. The van der Waals surface area contributed by atoms with Crippen LogP contribution in [-0.4, -0.2) is 32.8 Å². The maximum Gasteiger partial charge on any atom is 0.308 e. The molecule has 6 heteroatoms. The number of carbonyl (C=O) groups excluding carboxylic acids is 1. The Morgan fingerprint density at radius 2 is 1.96 bits per heavy atom. The van der Waals surface area contributed by atoms with Crippen LogP contribution in [0.4, 0.5) is 0 Å². The van der Waals surface area contributed by atoms with Crippen LogP contribution < -0.4 is 5.32 Å². The van der Waals surface area contributed by atoms with Crippen LogP contribution in [-0.2, 0) is 4.79 Å². The van der Waals surface area contributed by atoms with Crippen molar-refractivity contribution < 1.29 is 14.7 Å². The number of rotatable bonds is 4. The van der Waals surface area contributed by atoms with E-state index < -0.39 is 11.9 Å². The van der Waals surface area contributed by atoms with Crippen molar-refractivity contribution in [2.24, 2.45) is 5.92 Å². The first-order chi connectivity index (χ1) is 11.1. The number of carbonyl (C=O) groups is 2. The fourth-order valence-corrected chi connectivity index (χ4v) is 3.07. The monoisotopic (exact) mass is 313 g/mol. The van der Waals surface area contributed by atoms with Gasteiger partial charge in [-0.15, -0.1) is 0 Å². The smallest absolute Gasteiger partial charge is 0.308 e. The number of aryl methyl sites for hydroxylation is 1. The van der Waals surface area contributed by atoms with E-state index in [0.717, 1.165) is 17.8 Å². The molecule has 2 aromatic rings. The molecule has 1 heterocycles. The maximum atomic E-state index is 12.3. The number of hydrogen-bond donors (Lipinski definition) is 2. The van der Waals surface area contributed by atoms with Crippen LogP contribution in [0.2, 0.25) is 0 Å². The summed E-state index contributed by atoms with van der Waals surface area (Å²) >= 11 is 0. The third-order valence-corrected chi connectivity index (χ3v) is 4.36. The van der Waals surface area contributed by atoms with Crippen molar-refractivity contribution in [3.05, 3.63) is 47.8 Å². The Hall–Kier alpha value is -2.63. The fourth-order valence-electron chi connectivity index (χ4n) is 3.07. The fraction of sp³-hybridized carbons (Fsp3) is 0.353. The Morgan fingerprint density at radius 3 is 2.57 bits per heavy atom. The number of nitrogens with one attached hydrogen (secondary N) is 1. The largest absolute Gasteiger partial charge is 0.481 e. The van der Waals surface area contributed by atoms with Gasteiger partial charge in [0, 0.05) is 23.5 Å². The number of aromatic nitrogens is 2. The van der Waals surface area contributed by atoms with Gasteiger partial charge in [-0.1, -0.05) is 6.42 Å². The van der Waals surface area contributed by atoms with E-state index in [4.69, 9.17) is 0 Å². The zero-order valence-electron chi connectivity index (χ0n) is 12.9. The molecule has 120 valence electrons. The number of carboxylic acid groups (broad SMARTS) is 1. The molecular weight excluding hydrogens is 294 g/mol. The lowest BCUT2D eigenvalue weighted by molar-refractivity contribution is -0.142. The second kappa shape index (κ2) is 6.24. The molecule has 0 saturated heterocycles. The lowest BCUT2D eigenvalue weighted by Gasteiger charge is -2.17. The van der Waals surface area contributed by atoms with Crippen LogP contribution in [0.15, 0.2) is 36.5 Å². The van der Waals surface area contributed by atoms with Crippen LogP contribution in [0.5, 0.6) is 0 Å². The molecule has 2 N–H and O–H groups in total. The Balaban J connectivity index is 1.71. The summed E-state index contributed by atoms with van der Waals surface area (Å²) < 4.78 is 1.79. The van der Waals surface area contributed by atoms with E-state index in [0.29, 0.717) is 18.4 Å². The zero-order chi connectivity index (χ0) is 16.4. The molecule has 1 aliphatic carbocycles. The summed E-state index contributed by atoms with van der Waals surface area (Å²) in [7, 11) is 0. The molecule has 1 aromatic carbocycles. The van der Waals surface area contributed by atoms with Crippen molar-refractivity contribution in [3.8, 4) is 5.69 Å². The second-order valence-corrected chi connectivity index (χ2v) is 5.89. The predicted octanol–water partition coefficient (Wildman–Crippen LogP) is 2.16. The number of carboxylic acids is 1. The molecule has 1 saturated carbocycles. The number of hydrogen-bond acceptors (Lipinski definition) is 3. The molecule has 0 unspecified atom stereocenters. The van der Waals surface area contributed by atoms with Crippen LogP contribution >= 0.6 is 0 Å². The number of amides is 1. The Kier molecular flexibility index (Phi) is 4.14. The minimum Gasteiger partial charge on any atom is -0.481 e. The molecule has 0 radical (unpaired) electrons. The highest BCUT2D eigenvalue weighted by Gasteiger charge is 2.33. The Bertz CT molecular complexity index is 721. The summed E-state index contributed by atoms with van der Waals surface area (Å²) in [4.78, 5) is 23.5. The van der Waals surface area contributed by atoms with E-state index in [1.54, 1.807) is 23.0 Å². The lowest BCUT2D eigenvalue weighted by Crippen LogP contribution is -2.40. The third kappa shape index (κ3) is 3.11. The molecule has 3 rings (SSSR count). The molecule has 1 amide bonds. The SMILES string of the molecule is Cc1ccnn1-c1ccc(C(=O)N[C@@H]2CCC[C@@H]2C(=O)O)cc1. The average molecular weight is 313 g/mol. The van der Waals surface area contributed by atoms with Crippen molar-refractivity contribution in [1.29, 1.82) is 0 Å². The van der Waals surface area contributed by atoms with Crippen LogP contribution in [0.3, 0.4) is 0 Å². The van der Waals surface area contributed by atoms with Crippen molar-refractivity contribution in [3.63, 3.8) is 0 Å². The Labute approximate surface area is 134 Å². The predicted molar refractivity (Wildman–Crippen MR) is 84.5 cm³/mol. The van der Waals surface area contributed by atoms with E-state index in [1.165, 1.54) is 0 Å². The first kappa shape index (κ1) is 15.3. The van der Waals surface area contributed by atoms with Gasteiger partial charge in [0.25, 0.3) is 5.91 Å². The minimum atomic E-state index is -0.836. The quantitative estimate of drug-likeness (QED) is 0.906. The van der Waals surface area contributed by atoms with Crippen molar-refractivity contribution in [1.82, 2.24) is 15.1 Å². The van der Waals surface area contributed by atoms with Gasteiger partial charge >= 0.3 is 5.97 Å². The zero-order valence-corrected chi connectivity index (χ0v) is 12.9. The lowest BCUT2D eigenvalue weighted by atomic mass is 10.0. The molecule has 1 aromatic heterocycles. The first-order valence-electron chi connectivity index (χ1n) is 7.71. The molecule has 1 aliphatic rings. The second-order valence-electron chi connectivity index (χ2n) is 5.89. The Morgan fingerprint density at radius 1 is 1.22 bits per heavy atom. The number of benzene rings is 1. The van der Waals surface area contributed by atoms with Crippen molar-refractivity contribution in [2.45, 2.75) is 32.2 Å². The van der Waals surface area contributed by atoms with Crippen LogP contribution in [0.1, 0.15) is 35.3 Å². The van der Waals surface area contributed by atoms with Gasteiger partial charge in [-0.2, -0.15) is 5.10 Å². The molecular formula is C17H19N3O3. The minimum absolute atomic E-state index is 0.230. The summed E-state index contributed by atoms with van der Waals surface area (Å²) in [5.41, 5.74) is 2.42. The van der Waals surface area contributed by atoms with E-state index in [1.807, 2.05) is 25.1 Å². The van der Waals surface area contributed by atoms with Gasteiger partial charge < -0.3 is 10.4 Å². The molecule has 0 aliphatic heterocycles. The van der Waals surface area contributed by atoms with Gasteiger partial charge in [0.05, 0.1) is 11.6 Å². The van der Waals surface area contributed by atoms with E-state index >= 15 is 0 Å². The van der Waals surface area contributed by atoms with Crippen molar-refractivity contribution in [2.75, 3.05) is 0 Å². The summed E-state index contributed by atoms with van der Waals surface area (Å²) in [6.07, 6.45) is 3.90. The summed E-state index contributed by atoms with van der Waals surface area (Å²) in [5.74, 6) is -1.55. The molecule has 23 heavy (non-hydrogen) atoms. The van der Waals surface area contributed by atoms with Gasteiger partial charge in [-0.05, 0) is 50.1 Å². The summed E-state index contributed by atoms with van der Waals surface area (Å²) in [6, 6.07) is 8.75. The standard InChI is InChI=1S/C17H19N3O3/c1-11-9-10-18-20(11)13-7-5-12(6-8-13)16(21)19-15-4-2-3-14(15)17(22)23/h5-10,14-15H,2-4H2,1H3,(H,19,21)(H,22,23)/t14-,15+/m0/s1. The topological polar surface area (TPSA) is 84.2 Å². The molecule has 2 atom stereocenters. The highest BCUT2D eigenvalue weighted by atomic mass is 16.4. The molecule has 6 nitrogen and oxygen atoms in total. The normalized spacial score (nSPS) is 20.4. The molecule has 0 spiro atoms. The summed E-state index contributed by atoms with van der Waals surface area (Å²) in [6.45, 7) is 1.96. The van der Waals surface area contributed by atoms with E-state index in [-0.39, 0.29) is 11.9 Å². The summed E-state index contributed by atoms with van der Waals surface area (Å²) in [5, 5.41) is 16.2. The molecule has 1 fully saturated rings.